The smallest absolute Gasteiger partial charge is 0.0180 e. The number of unbranched alkanes of at least 4 members (excludes halogenated alkanes) is 9. The van der Waals surface area contributed by atoms with E-state index in [0.717, 1.165) is 0 Å². The summed E-state index contributed by atoms with van der Waals surface area (Å²) in [5, 5.41) is 0. The van der Waals surface area contributed by atoms with Crippen molar-refractivity contribution < 1.29 is 5.48 Å². The van der Waals surface area contributed by atoms with Gasteiger partial charge in [0.15, 0.2) is 0 Å². The lowest BCUT2D eigenvalue weighted by molar-refractivity contribution is 0.220. The highest BCUT2D eigenvalue weighted by Gasteiger charge is 2.30. The van der Waals surface area contributed by atoms with Gasteiger partial charge in [0.1, 0.15) is 0 Å². The SMILES string of the molecule is CCCCCCC(C)C(N)(CCCCCC)CCCCCC.O. The Morgan fingerprint density at radius 3 is 1.43 bits per heavy atom. The van der Waals surface area contributed by atoms with Crippen molar-refractivity contribution in [1.29, 1.82) is 0 Å². The molecule has 1 unspecified atom stereocenters. The van der Waals surface area contributed by atoms with E-state index >= 15 is 0 Å². The lowest BCUT2D eigenvalue weighted by Crippen LogP contribution is -2.46. The first-order valence-electron chi connectivity index (χ1n) is 10.4. The van der Waals surface area contributed by atoms with Crippen LogP contribution in [0.15, 0.2) is 0 Å². The van der Waals surface area contributed by atoms with Gasteiger partial charge in [-0.1, -0.05) is 105 Å². The minimum Gasteiger partial charge on any atom is -0.412 e. The Morgan fingerprint density at radius 1 is 0.652 bits per heavy atom. The molecule has 0 amide bonds. The molecule has 0 saturated heterocycles. The zero-order chi connectivity index (χ0) is 16.7. The molecule has 4 N–H and O–H groups in total. The summed E-state index contributed by atoms with van der Waals surface area (Å²) in [5.41, 5.74) is 7.03. The molecule has 0 aliphatic heterocycles. The van der Waals surface area contributed by atoms with Gasteiger partial charge in [0.25, 0.3) is 0 Å². The second-order valence-electron chi connectivity index (χ2n) is 7.60. The van der Waals surface area contributed by atoms with E-state index in [4.69, 9.17) is 5.73 Å². The molecule has 0 saturated carbocycles. The van der Waals surface area contributed by atoms with Gasteiger partial charge in [0.2, 0.25) is 0 Å². The monoisotopic (exact) mass is 329 g/mol. The fraction of sp³-hybridized carbons (Fsp3) is 1.00. The van der Waals surface area contributed by atoms with Gasteiger partial charge in [-0.05, 0) is 25.2 Å². The minimum atomic E-state index is 0. The molecule has 0 rings (SSSR count). The number of rotatable bonds is 16. The van der Waals surface area contributed by atoms with Gasteiger partial charge >= 0.3 is 0 Å². The van der Waals surface area contributed by atoms with Crippen molar-refractivity contribution in [2.75, 3.05) is 0 Å². The van der Waals surface area contributed by atoms with Crippen LogP contribution in [0.2, 0.25) is 0 Å². The number of hydrogen-bond acceptors (Lipinski definition) is 1. The van der Waals surface area contributed by atoms with E-state index in [1.165, 1.54) is 96.3 Å². The summed E-state index contributed by atoms with van der Waals surface area (Å²) in [6, 6.07) is 0. The van der Waals surface area contributed by atoms with Crippen molar-refractivity contribution in [3.63, 3.8) is 0 Å². The van der Waals surface area contributed by atoms with E-state index in [-0.39, 0.29) is 11.0 Å². The molecule has 2 heteroatoms. The normalized spacial score (nSPS) is 12.9. The largest absolute Gasteiger partial charge is 0.412 e. The Balaban J connectivity index is 0. The minimum absolute atomic E-state index is 0. The standard InChI is InChI=1S/C21H45N.H2O/c1-5-8-11-14-17-20(4)21(22,18-15-12-9-6-2)19-16-13-10-7-3;/h20H,5-19,22H2,1-4H3;1H2. The molecule has 0 fully saturated rings. The van der Waals surface area contributed by atoms with E-state index in [1.54, 1.807) is 0 Å². The van der Waals surface area contributed by atoms with Crippen LogP contribution in [0, 0.1) is 5.92 Å². The molecule has 0 aromatic heterocycles. The highest BCUT2D eigenvalue weighted by Crippen LogP contribution is 2.31. The topological polar surface area (TPSA) is 57.5 Å². The van der Waals surface area contributed by atoms with E-state index in [0.29, 0.717) is 5.92 Å². The van der Waals surface area contributed by atoms with Crippen molar-refractivity contribution in [3.8, 4) is 0 Å². The molecule has 0 aromatic rings. The van der Waals surface area contributed by atoms with Crippen LogP contribution < -0.4 is 5.73 Å². The molecule has 23 heavy (non-hydrogen) atoms. The van der Waals surface area contributed by atoms with E-state index < -0.39 is 0 Å². The summed E-state index contributed by atoms with van der Waals surface area (Å²) in [6.45, 7) is 9.29. The predicted octanol–water partition coefficient (Wildman–Crippen LogP) is 6.41. The van der Waals surface area contributed by atoms with Gasteiger partial charge in [0.05, 0.1) is 0 Å². The highest BCUT2D eigenvalue weighted by atomic mass is 16.0. The van der Waals surface area contributed by atoms with Crippen molar-refractivity contribution >= 4 is 0 Å². The van der Waals surface area contributed by atoms with Crippen molar-refractivity contribution in [2.45, 2.75) is 130 Å². The van der Waals surface area contributed by atoms with Gasteiger partial charge in [-0.15, -0.1) is 0 Å². The molecular weight excluding hydrogens is 282 g/mol. The molecular formula is C21H47NO. The first-order chi connectivity index (χ1) is 10.6. The van der Waals surface area contributed by atoms with Crippen LogP contribution in [0.25, 0.3) is 0 Å². The van der Waals surface area contributed by atoms with Crippen LogP contribution in [-0.4, -0.2) is 11.0 Å². The predicted molar refractivity (Wildman–Crippen MR) is 106 cm³/mol. The van der Waals surface area contributed by atoms with Crippen LogP contribution in [0.1, 0.15) is 124 Å². The number of nitrogens with two attached hydrogens (primary N) is 1. The maximum Gasteiger partial charge on any atom is 0.0180 e. The Morgan fingerprint density at radius 2 is 1.04 bits per heavy atom. The van der Waals surface area contributed by atoms with Crippen LogP contribution in [0.3, 0.4) is 0 Å². The van der Waals surface area contributed by atoms with Gasteiger partial charge < -0.3 is 11.2 Å². The summed E-state index contributed by atoms with van der Waals surface area (Å²) < 4.78 is 0. The second-order valence-corrected chi connectivity index (χ2v) is 7.60. The maximum absolute atomic E-state index is 6.92. The molecule has 0 radical (unpaired) electrons. The van der Waals surface area contributed by atoms with Crippen molar-refractivity contribution in [1.82, 2.24) is 0 Å². The molecule has 0 bridgehead atoms. The second kappa shape index (κ2) is 16.8. The molecule has 142 valence electrons. The van der Waals surface area contributed by atoms with Gasteiger partial charge in [-0.25, -0.2) is 0 Å². The Hall–Kier alpha value is -0.0800. The first kappa shape index (κ1) is 25.2. The van der Waals surface area contributed by atoms with Gasteiger partial charge in [0, 0.05) is 5.54 Å². The van der Waals surface area contributed by atoms with Crippen molar-refractivity contribution in [3.05, 3.63) is 0 Å². The van der Waals surface area contributed by atoms with Crippen LogP contribution in [-0.2, 0) is 0 Å². The van der Waals surface area contributed by atoms with Crippen molar-refractivity contribution in [2.24, 2.45) is 11.7 Å². The van der Waals surface area contributed by atoms with Crippen LogP contribution in [0.4, 0.5) is 0 Å². The van der Waals surface area contributed by atoms with Gasteiger partial charge in [-0.3, -0.25) is 0 Å². The lowest BCUT2D eigenvalue weighted by atomic mass is 9.75. The average Bonchev–Trinajstić information content (AvgIpc) is 2.52. The molecule has 0 spiro atoms. The molecule has 0 aliphatic carbocycles. The van der Waals surface area contributed by atoms with Gasteiger partial charge in [-0.2, -0.15) is 0 Å². The highest BCUT2D eigenvalue weighted by molar-refractivity contribution is 4.89. The fourth-order valence-electron chi connectivity index (χ4n) is 3.54. The molecule has 0 aromatic carbocycles. The third kappa shape index (κ3) is 12.9. The quantitative estimate of drug-likeness (QED) is 0.327. The van der Waals surface area contributed by atoms with E-state index in [1.807, 2.05) is 0 Å². The fourth-order valence-corrected chi connectivity index (χ4v) is 3.54. The summed E-state index contributed by atoms with van der Waals surface area (Å²) in [4.78, 5) is 0. The maximum atomic E-state index is 6.92. The third-order valence-electron chi connectivity index (χ3n) is 5.46. The van der Waals surface area contributed by atoms with Crippen LogP contribution in [0.5, 0.6) is 0 Å². The summed E-state index contributed by atoms with van der Waals surface area (Å²) in [5.74, 6) is 0.688. The average molecular weight is 330 g/mol. The zero-order valence-corrected chi connectivity index (χ0v) is 16.8. The first-order valence-corrected chi connectivity index (χ1v) is 10.4. The third-order valence-corrected chi connectivity index (χ3v) is 5.46. The zero-order valence-electron chi connectivity index (χ0n) is 16.8. The number of hydrogen-bond donors (Lipinski definition) is 1. The Bertz CT molecular complexity index is 218. The summed E-state index contributed by atoms with van der Waals surface area (Å²) in [6.07, 6.45) is 20.1. The summed E-state index contributed by atoms with van der Waals surface area (Å²) >= 11 is 0. The van der Waals surface area contributed by atoms with E-state index in [2.05, 4.69) is 27.7 Å². The molecule has 1 atom stereocenters. The summed E-state index contributed by atoms with van der Waals surface area (Å²) in [7, 11) is 0. The van der Waals surface area contributed by atoms with Crippen LogP contribution >= 0.6 is 0 Å². The molecule has 0 aliphatic rings. The Labute approximate surface area is 147 Å². The molecule has 0 heterocycles. The van der Waals surface area contributed by atoms with E-state index in [9.17, 15) is 0 Å². The molecule has 2 nitrogen and oxygen atoms in total. The lowest BCUT2D eigenvalue weighted by Gasteiger charge is -2.36. The Kier molecular flexibility index (Phi) is 18.3.